The van der Waals surface area contributed by atoms with Gasteiger partial charge in [0, 0.05) is 5.92 Å². The van der Waals surface area contributed by atoms with Crippen LogP contribution in [0.4, 0.5) is 0 Å². The average Bonchev–Trinajstić information content (AvgIpc) is 2.70. The lowest BCUT2D eigenvalue weighted by Crippen LogP contribution is -2.27. The Hall–Kier alpha value is -0.650. The van der Waals surface area contributed by atoms with Gasteiger partial charge in [-0.3, -0.25) is 0 Å². The zero-order valence-corrected chi connectivity index (χ0v) is 14.3. The fourth-order valence-electron chi connectivity index (χ4n) is 4.39. The molecule has 0 spiro atoms. The fraction of sp³-hybridized carbons (Fsp3) is 0.750. The average molecular weight is 273 g/mol. The van der Waals surface area contributed by atoms with E-state index in [1.54, 1.807) is 17.1 Å². The van der Waals surface area contributed by atoms with E-state index in [1.165, 1.54) is 44.9 Å². The first-order valence-electron chi connectivity index (χ1n) is 8.54. The van der Waals surface area contributed by atoms with Crippen LogP contribution in [0.1, 0.15) is 79.6 Å². The summed E-state index contributed by atoms with van der Waals surface area (Å²) in [5.41, 5.74) is 3.74. The molecule has 112 valence electrons. The van der Waals surface area contributed by atoms with Gasteiger partial charge in [0.25, 0.3) is 0 Å². The lowest BCUT2D eigenvalue weighted by atomic mass is 9.70. The summed E-state index contributed by atoms with van der Waals surface area (Å²) in [6.07, 6.45) is 14.3. The first kappa shape index (κ1) is 15.7. The van der Waals surface area contributed by atoms with E-state index in [9.17, 15) is 0 Å². The number of rotatable bonds is 1. The SMILES string of the molecule is C/C1=C/CC2(C)CC[C@@H]([C+](C)C)[C@@H]2CC/C(C)=C\CC1. The molecule has 2 aliphatic carbocycles. The normalized spacial score (nSPS) is 40.9. The Bertz CT molecular complexity index is 385. The zero-order chi connectivity index (χ0) is 14.8. The minimum absolute atomic E-state index is 0.536. The van der Waals surface area contributed by atoms with Gasteiger partial charge in [0.2, 0.25) is 0 Å². The standard InChI is InChI=1S/C20H33/c1-15(2)18-12-14-20(5)13-11-17(4)8-6-7-16(3)9-10-19(18)20/h7,11,18-19H,6,8-10,12-14H2,1-5H3/q+1/b16-7-,17-11-/t18-,19-,20?/m0/s1. The Morgan fingerprint density at radius 2 is 1.75 bits per heavy atom. The lowest BCUT2D eigenvalue weighted by molar-refractivity contribution is 0.187. The molecule has 20 heavy (non-hydrogen) atoms. The molecule has 0 heterocycles. The summed E-state index contributed by atoms with van der Waals surface area (Å²) < 4.78 is 0. The third kappa shape index (κ3) is 3.51. The highest BCUT2D eigenvalue weighted by molar-refractivity contribution is 5.11. The van der Waals surface area contributed by atoms with Crippen LogP contribution in [0, 0.1) is 23.2 Å². The summed E-state index contributed by atoms with van der Waals surface area (Å²) in [4.78, 5) is 0. The van der Waals surface area contributed by atoms with Gasteiger partial charge in [-0.25, -0.2) is 0 Å². The first-order valence-corrected chi connectivity index (χ1v) is 8.54. The molecule has 0 radical (unpaired) electrons. The highest BCUT2D eigenvalue weighted by Crippen LogP contribution is 2.54. The Morgan fingerprint density at radius 1 is 1.05 bits per heavy atom. The van der Waals surface area contributed by atoms with Crippen molar-refractivity contribution in [1.29, 1.82) is 0 Å². The maximum atomic E-state index is 2.56. The van der Waals surface area contributed by atoms with Gasteiger partial charge in [-0.15, -0.1) is 0 Å². The summed E-state index contributed by atoms with van der Waals surface area (Å²) >= 11 is 0. The van der Waals surface area contributed by atoms with Crippen LogP contribution in [0.5, 0.6) is 0 Å². The molecule has 0 aromatic heterocycles. The highest BCUT2D eigenvalue weighted by Gasteiger charge is 2.49. The second-order valence-corrected chi connectivity index (χ2v) is 7.87. The zero-order valence-electron chi connectivity index (χ0n) is 14.3. The van der Waals surface area contributed by atoms with Gasteiger partial charge in [0.15, 0.2) is 0 Å². The minimum atomic E-state index is 0.536. The van der Waals surface area contributed by atoms with E-state index in [0.29, 0.717) is 5.41 Å². The first-order chi connectivity index (χ1) is 9.42. The molecule has 0 nitrogen and oxygen atoms in total. The molecule has 1 unspecified atom stereocenters. The molecule has 0 saturated heterocycles. The van der Waals surface area contributed by atoms with Crippen LogP contribution in [0.2, 0.25) is 0 Å². The molecule has 0 aromatic carbocycles. The molecule has 0 amide bonds. The van der Waals surface area contributed by atoms with E-state index < -0.39 is 0 Å². The fourth-order valence-corrected chi connectivity index (χ4v) is 4.39. The van der Waals surface area contributed by atoms with Crippen LogP contribution in [0.25, 0.3) is 0 Å². The van der Waals surface area contributed by atoms with Crippen LogP contribution in [-0.4, -0.2) is 0 Å². The molecule has 1 fully saturated rings. The summed E-state index contributed by atoms with van der Waals surface area (Å²) in [6, 6.07) is 0. The van der Waals surface area contributed by atoms with Crippen molar-refractivity contribution in [3.63, 3.8) is 0 Å². The van der Waals surface area contributed by atoms with E-state index in [-0.39, 0.29) is 0 Å². The Balaban J connectivity index is 2.24. The predicted octanol–water partition coefficient (Wildman–Crippen LogP) is 6.49. The number of fused-ring (bicyclic) bond motifs is 1. The van der Waals surface area contributed by atoms with Crippen LogP contribution >= 0.6 is 0 Å². The van der Waals surface area contributed by atoms with Crippen LogP contribution in [0.3, 0.4) is 0 Å². The minimum Gasteiger partial charge on any atom is -0.0853 e. The largest absolute Gasteiger partial charge is 0.103 e. The molecule has 0 N–H and O–H groups in total. The second kappa shape index (κ2) is 6.41. The third-order valence-corrected chi connectivity index (χ3v) is 5.95. The van der Waals surface area contributed by atoms with Gasteiger partial charge in [0.1, 0.15) is 5.92 Å². The van der Waals surface area contributed by atoms with Gasteiger partial charge in [-0.1, -0.05) is 30.2 Å². The van der Waals surface area contributed by atoms with E-state index in [1.807, 2.05) is 0 Å². The molecular weight excluding hydrogens is 240 g/mol. The molecule has 0 aromatic rings. The Kier molecular flexibility index (Phi) is 5.04. The van der Waals surface area contributed by atoms with Crippen molar-refractivity contribution < 1.29 is 0 Å². The maximum Gasteiger partial charge on any atom is 0.103 e. The van der Waals surface area contributed by atoms with Crippen molar-refractivity contribution >= 4 is 0 Å². The lowest BCUT2D eigenvalue weighted by Gasteiger charge is -2.32. The molecule has 2 rings (SSSR count). The van der Waals surface area contributed by atoms with Crippen molar-refractivity contribution in [3.8, 4) is 0 Å². The van der Waals surface area contributed by atoms with E-state index >= 15 is 0 Å². The molecule has 2 aliphatic rings. The van der Waals surface area contributed by atoms with E-state index in [2.05, 4.69) is 46.8 Å². The summed E-state index contributed by atoms with van der Waals surface area (Å²) in [5, 5.41) is 0. The molecular formula is C20H33+. The summed E-state index contributed by atoms with van der Waals surface area (Å²) in [7, 11) is 0. The van der Waals surface area contributed by atoms with Gasteiger partial charge in [0.05, 0.1) is 19.8 Å². The van der Waals surface area contributed by atoms with Crippen molar-refractivity contribution in [2.24, 2.45) is 17.3 Å². The summed E-state index contributed by atoms with van der Waals surface area (Å²) in [6.45, 7) is 11.9. The number of hydrogen-bond acceptors (Lipinski definition) is 0. The smallest absolute Gasteiger partial charge is 0.0853 e. The van der Waals surface area contributed by atoms with Gasteiger partial charge in [-0.2, -0.15) is 0 Å². The number of hydrogen-bond donors (Lipinski definition) is 0. The topological polar surface area (TPSA) is 0 Å². The van der Waals surface area contributed by atoms with Crippen molar-refractivity contribution in [1.82, 2.24) is 0 Å². The molecule has 0 aliphatic heterocycles. The Labute approximate surface area is 126 Å². The molecule has 1 saturated carbocycles. The molecule has 0 heteroatoms. The van der Waals surface area contributed by atoms with E-state index in [4.69, 9.17) is 0 Å². The van der Waals surface area contributed by atoms with Crippen molar-refractivity contribution in [2.45, 2.75) is 79.6 Å². The van der Waals surface area contributed by atoms with Crippen molar-refractivity contribution in [2.75, 3.05) is 0 Å². The monoisotopic (exact) mass is 273 g/mol. The van der Waals surface area contributed by atoms with Gasteiger partial charge >= 0.3 is 0 Å². The van der Waals surface area contributed by atoms with E-state index in [0.717, 1.165) is 11.8 Å². The van der Waals surface area contributed by atoms with Gasteiger partial charge < -0.3 is 0 Å². The second-order valence-electron chi connectivity index (χ2n) is 7.87. The quantitative estimate of drug-likeness (QED) is 0.378. The predicted molar refractivity (Wildman–Crippen MR) is 89.5 cm³/mol. The van der Waals surface area contributed by atoms with Gasteiger partial charge in [-0.05, 0) is 64.2 Å². The van der Waals surface area contributed by atoms with Crippen LogP contribution < -0.4 is 0 Å². The third-order valence-electron chi connectivity index (χ3n) is 5.95. The number of allylic oxidation sites excluding steroid dienone is 4. The Morgan fingerprint density at radius 3 is 2.45 bits per heavy atom. The maximum absolute atomic E-state index is 2.56. The summed E-state index contributed by atoms with van der Waals surface area (Å²) in [5.74, 6) is 3.41. The molecule has 0 bridgehead atoms. The van der Waals surface area contributed by atoms with Crippen LogP contribution in [0.15, 0.2) is 23.3 Å². The molecule has 3 atom stereocenters. The van der Waals surface area contributed by atoms with Crippen LogP contribution in [-0.2, 0) is 0 Å². The highest BCUT2D eigenvalue weighted by atomic mass is 14.5. The van der Waals surface area contributed by atoms with Crippen molar-refractivity contribution in [3.05, 3.63) is 29.2 Å².